The van der Waals surface area contributed by atoms with Crippen molar-refractivity contribution in [3.63, 3.8) is 0 Å². The van der Waals surface area contributed by atoms with E-state index in [0.717, 1.165) is 17.1 Å². The van der Waals surface area contributed by atoms with E-state index in [-0.39, 0.29) is 0 Å². The van der Waals surface area contributed by atoms with Gasteiger partial charge in [-0.1, -0.05) is 6.07 Å². The summed E-state index contributed by atoms with van der Waals surface area (Å²) in [6.07, 6.45) is 0. The van der Waals surface area contributed by atoms with Crippen LogP contribution in [0.25, 0.3) is 0 Å². The molecule has 0 bridgehead atoms. The first-order valence-electron chi connectivity index (χ1n) is 3.85. The fourth-order valence-corrected chi connectivity index (χ4v) is 1.25. The molecule has 0 aliphatic carbocycles. The van der Waals surface area contributed by atoms with Gasteiger partial charge in [-0.15, -0.1) is 11.6 Å². The highest BCUT2D eigenvalue weighted by molar-refractivity contribution is 6.17. The number of aromatic nitrogens is 1. The number of hydrogen-bond donors (Lipinski definition) is 0. The molecule has 0 amide bonds. The molecule has 1 aromatic rings. The highest BCUT2D eigenvalue weighted by atomic mass is 35.5. The number of nitrogens with zero attached hydrogens (tertiary/aromatic N) is 2. The van der Waals surface area contributed by atoms with Crippen molar-refractivity contribution in [3.05, 3.63) is 23.4 Å². The fourth-order valence-electron chi connectivity index (χ4n) is 0.967. The van der Waals surface area contributed by atoms with E-state index in [1.807, 2.05) is 38.1 Å². The van der Waals surface area contributed by atoms with Crippen LogP contribution >= 0.6 is 11.6 Å². The fraction of sp³-hybridized carbons (Fsp3) is 0.444. The lowest BCUT2D eigenvalue weighted by atomic mass is 10.2. The molecule has 0 spiro atoms. The van der Waals surface area contributed by atoms with Gasteiger partial charge in [-0.25, -0.2) is 4.98 Å². The lowest BCUT2D eigenvalue weighted by Gasteiger charge is -2.12. The Morgan fingerprint density at radius 2 is 2.08 bits per heavy atom. The Bertz CT molecular complexity index is 271. The number of pyridine rings is 1. The molecule has 0 atom stereocenters. The average Bonchev–Trinajstić information content (AvgIpc) is 2.04. The first-order valence-corrected chi connectivity index (χ1v) is 4.38. The maximum Gasteiger partial charge on any atom is 0.128 e. The first kappa shape index (κ1) is 9.33. The predicted octanol–water partition coefficient (Wildman–Crippen LogP) is 2.19. The SMILES string of the molecule is Cc1nc(N(C)C)ccc1CCl. The van der Waals surface area contributed by atoms with Crippen LogP contribution < -0.4 is 4.90 Å². The number of alkyl halides is 1. The van der Waals surface area contributed by atoms with Crippen molar-refractivity contribution in [1.82, 2.24) is 4.98 Å². The zero-order chi connectivity index (χ0) is 9.14. The smallest absolute Gasteiger partial charge is 0.128 e. The third-order valence-corrected chi connectivity index (χ3v) is 2.07. The van der Waals surface area contributed by atoms with Crippen molar-refractivity contribution >= 4 is 17.4 Å². The van der Waals surface area contributed by atoms with Gasteiger partial charge in [-0.05, 0) is 18.6 Å². The number of halogens is 1. The largest absolute Gasteiger partial charge is 0.363 e. The molecule has 0 radical (unpaired) electrons. The first-order chi connectivity index (χ1) is 5.65. The molecule has 0 aromatic carbocycles. The van der Waals surface area contributed by atoms with E-state index >= 15 is 0 Å². The molecule has 2 nitrogen and oxygen atoms in total. The van der Waals surface area contributed by atoms with E-state index in [1.54, 1.807) is 0 Å². The standard InChI is InChI=1S/C9H13ClN2/c1-7-8(6-10)4-5-9(11-7)12(2)3/h4-5H,6H2,1-3H3. The molecule has 12 heavy (non-hydrogen) atoms. The lowest BCUT2D eigenvalue weighted by Crippen LogP contribution is -2.11. The minimum atomic E-state index is 0.534. The van der Waals surface area contributed by atoms with Gasteiger partial charge in [0.1, 0.15) is 5.82 Å². The van der Waals surface area contributed by atoms with Gasteiger partial charge in [0, 0.05) is 25.7 Å². The molecular weight excluding hydrogens is 172 g/mol. The number of aryl methyl sites for hydroxylation is 1. The molecule has 0 saturated heterocycles. The molecule has 0 aliphatic heterocycles. The maximum atomic E-state index is 5.71. The highest BCUT2D eigenvalue weighted by Gasteiger charge is 2.01. The second-order valence-electron chi connectivity index (χ2n) is 2.94. The van der Waals surface area contributed by atoms with Crippen molar-refractivity contribution in [2.75, 3.05) is 19.0 Å². The van der Waals surface area contributed by atoms with Gasteiger partial charge >= 0.3 is 0 Å². The monoisotopic (exact) mass is 184 g/mol. The van der Waals surface area contributed by atoms with E-state index in [4.69, 9.17) is 11.6 Å². The molecule has 0 saturated carbocycles. The predicted molar refractivity (Wildman–Crippen MR) is 52.9 cm³/mol. The Morgan fingerprint density at radius 3 is 2.50 bits per heavy atom. The minimum absolute atomic E-state index is 0.534. The summed E-state index contributed by atoms with van der Waals surface area (Å²) in [4.78, 5) is 6.36. The second kappa shape index (κ2) is 3.76. The van der Waals surface area contributed by atoms with Crippen LogP contribution in [0.5, 0.6) is 0 Å². The van der Waals surface area contributed by atoms with Gasteiger partial charge in [0.15, 0.2) is 0 Å². The van der Waals surface area contributed by atoms with Crippen LogP contribution in [0.15, 0.2) is 12.1 Å². The third-order valence-electron chi connectivity index (χ3n) is 1.78. The van der Waals surface area contributed by atoms with Crippen LogP contribution in [0, 0.1) is 6.92 Å². The summed E-state index contributed by atoms with van der Waals surface area (Å²) in [5.41, 5.74) is 2.11. The van der Waals surface area contributed by atoms with Gasteiger partial charge in [-0.3, -0.25) is 0 Å². The molecular formula is C9H13ClN2. The molecule has 0 N–H and O–H groups in total. The van der Waals surface area contributed by atoms with Crippen molar-refractivity contribution in [3.8, 4) is 0 Å². The van der Waals surface area contributed by atoms with Crippen LogP contribution in [-0.4, -0.2) is 19.1 Å². The van der Waals surface area contributed by atoms with Gasteiger partial charge in [-0.2, -0.15) is 0 Å². The Hall–Kier alpha value is -0.760. The molecule has 0 aliphatic rings. The summed E-state index contributed by atoms with van der Waals surface area (Å²) in [6.45, 7) is 1.98. The molecule has 66 valence electrons. The zero-order valence-electron chi connectivity index (χ0n) is 7.63. The Balaban J connectivity index is 3.02. The van der Waals surface area contributed by atoms with E-state index in [0.29, 0.717) is 5.88 Å². The van der Waals surface area contributed by atoms with Crippen molar-refractivity contribution in [2.24, 2.45) is 0 Å². The van der Waals surface area contributed by atoms with Crippen LogP contribution in [0.3, 0.4) is 0 Å². The van der Waals surface area contributed by atoms with Crippen LogP contribution in [0.4, 0.5) is 5.82 Å². The molecule has 1 rings (SSSR count). The van der Waals surface area contributed by atoms with E-state index in [2.05, 4.69) is 4.98 Å². The van der Waals surface area contributed by atoms with Gasteiger partial charge in [0.25, 0.3) is 0 Å². The molecule has 3 heteroatoms. The Morgan fingerprint density at radius 1 is 1.42 bits per heavy atom. The minimum Gasteiger partial charge on any atom is -0.363 e. The summed E-state index contributed by atoms with van der Waals surface area (Å²) < 4.78 is 0. The molecule has 0 fully saturated rings. The zero-order valence-corrected chi connectivity index (χ0v) is 8.39. The number of hydrogen-bond acceptors (Lipinski definition) is 2. The summed E-state index contributed by atoms with van der Waals surface area (Å²) in [5.74, 6) is 1.51. The third kappa shape index (κ3) is 1.89. The number of anilines is 1. The summed E-state index contributed by atoms with van der Waals surface area (Å²) >= 11 is 5.71. The van der Waals surface area contributed by atoms with E-state index in [9.17, 15) is 0 Å². The molecule has 0 unspecified atom stereocenters. The lowest BCUT2D eigenvalue weighted by molar-refractivity contribution is 1.03. The normalized spacial score (nSPS) is 10.0. The summed E-state index contributed by atoms with van der Waals surface area (Å²) in [5, 5.41) is 0. The van der Waals surface area contributed by atoms with Gasteiger partial charge in [0.2, 0.25) is 0 Å². The quantitative estimate of drug-likeness (QED) is 0.656. The van der Waals surface area contributed by atoms with Crippen LogP contribution in [0.1, 0.15) is 11.3 Å². The molecule has 1 aromatic heterocycles. The summed E-state index contributed by atoms with van der Waals surface area (Å²) in [6, 6.07) is 4.00. The van der Waals surface area contributed by atoms with E-state index < -0.39 is 0 Å². The second-order valence-corrected chi connectivity index (χ2v) is 3.21. The topological polar surface area (TPSA) is 16.1 Å². The molecule has 1 heterocycles. The van der Waals surface area contributed by atoms with Crippen molar-refractivity contribution in [2.45, 2.75) is 12.8 Å². The van der Waals surface area contributed by atoms with Crippen molar-refractivity contribution in [1.29, 1.82) is 0 Å². The van der Waals surface area contributed by atoms with Gasteiger partial charge in [0.05, 0.1) is 0 Å². The van der Waals surface area contributed by atoms with Crippen LogP contribution in [0.2, 0.25) is 0 Å². The Labute approximate surface area is 78.2 Å². The van der Waals surface area contributed by atoms with Crippen molar-refractivity contribution < 1.29 is 0 Å². The van der Waals surface area contributed by atoms with Gasteiger partial charge < -0.3 is 4.90 Å². The maximum absolute atomic E-state index is 5.71. The summed E-state index contributed by atoms with van der Waals surface area (Å²) in [7, 11) is 3.95. The average molecular weight is 185 g/mol. The number of rotatable bonds is 2. The van der Waals surface area contributed by atoms with E-state index in [1.165, 1.54) is 0 Å². The highest BCUT2D eigenvalue weighted by Crippen LogP contribution is 2.13. The Kier molecular flexibility index (Phi) is 2.93. The van der Waals surface area contributed by atoms with Crippen LogP contribution in [-0.2, 0) is 5.88 Å².